The van der Waals surface area contributed by atoms with Gasteiger partial charge in [-0.05, 0) is 68.5 Å². The second-order valence-electron chi connectivity index (χ2n) is 8.42. The average molecular weight is 458 g/mol. The number of esters is 1. The molecule has 0 saturated heterocycles. The van der Waals surface area contributed by atoms with Gasteiger partial charge in [-0.2, -0.15) is 4.72 Å². The average Bonchev–Trinajstić information content (AvgIpc) is 2.66. The topological polar surface area (TPSA) is 103 Å². The van der Waals surface area contributed by atoms with E-state index in [4.69, 9.17) is 9.15 Å². The minimum absolute atomic E-state index is 0.0299. The van der Waals surface area contributed by atoms with Crippen LogP contribution in [0.1, 0.15) is 37.0 Å². The van der Waals surface area contributed by atoms with Crippen molar-refractivity contribution in [3.8, 4) is 5.75 Å². The summed E-state index contributed by atoms with van der Waals surface area (Å²) in [6, 6.07) is 9.96. The third-order valence-corrected chi connectivity index (χ3v) is 6.47. The van der Waals surface area contributed by atoms with Gasteiger partial charge in [0.25, 0.3) is 0 Å². The van der Waals surface area contributed by atoms with E-state index in [0.717, 1.165) is 11.1 Å². The molecule has 0 aliphatic rings. The highest BCUT2D eigenvalue weighted by Crippen LogP contribution is 2.30. The predicted molar refractivity (Wildman–Crippen MR) is 122 cm³/mol. The lowest BCUT2D eigenvalue weighted by Crippen LogP contribution is -2.43. The molecular weight excluding hydrogens is 430 g/mol. The van der Waals surface area contributed by atoms with Crippen LogP contribution in [0.25, 0.3) is 11.0 Å². The van der Waals surface area contributed by atoms with Crippen LogP contribution in [0.5, 0.6) is 5.75 Å². The minimum Gasteiger partial charge on any atom is -0.425 e. The smallest absolute Gasteiger partial charge is 0.336 e. The van der Waals surface area contributed by atoms with Gasteiger partial charge in [-0.25, -0.2) is 18.0 Å². The fraction of sp³-hybridized carbons (Fsp3) is 0.333. The van der Waals surface area contributed by atoms with Crippen LogP contribution in [0.3, 0.4) is 0 Å². The maximum Gasteiger partial charge on any atom is 0.336 e. The van der Waals surface area contributed by atoms with Crippen molar-refractivity contribution >= 4 is 27.0 Å². The summed E-state index contributed by atoms with van der Waals surface area (Å²) in [5.41, 5.74) is 2.06. The lowest BCUT2D eigenvalue weighted by atomic mass is 10.0. The fourth-order valence-corrected chi connectivity index (χ4v) is 4.67. The number of hydrogen-bond donors (Lipinski definition) is 1. The van der Waals surface area contributed by atoms with Gasteiger partial charge in [-0.3, -0.25) is 0 Å². The van der Waals surface area contributed by atoms with E-state index in [1.165, 1.54) is 18.2 Å². The van der Waals surface area contributed by atoms with Crippen LogP contribution in [0.15, 0.2) is 56.6 Å². The number of benzene rings is 2. The number of carbonyl (C=O) groups excluding carboxylic acids is 1. The molecule has 0 radical (unpaired) electrons. The van der Waals surface area contributed by atoms with Crippen molar-refractivity contribution in [3.05, 3.63) is 69.6 Å². The summed E-state index contributed by atoms with van der Waals surface area (Å²) >= 11 is 0. The van der Waals surface area contributed by atoms with Crippen LogP contribution in [0.4, 0.5) is 0 Å². The van der Waals surface area contributed by atoms with Crippen LogP contribution in [-0.2, 0) is 14.8 Å². The van der Waals surface area contributed by atoms with E-state index in [1.54, 1.807) is 38.1 Å². The first-order valence-electron chi connectivity index (χ1n) is 10.3. The number of carbonyl (C=O) groups is 1. The van der Waals surface area contributed by atoms with Gasteiger partial charge in [0.15, 0.2) is 0 Å². The maximum atomic E-state index is 13.1. The molecule has 7 nitrogen and oxygen atoms in total. The van der Waals surface area contributed by atoms with Crippen molar-refractivity contribution in [1.82, 2.24) is 4.72 Å². The zero-order valence-electron chi connectivity index (χ0n) is 18.8. The normalized spacial score (nSPS) is 12.8. The Morgan fingerprint density at radius 3 is 2.31 bits per heavy atom. The van der Waals surface area contributed by atoms with Crippen molar-refractivity contribution in [3.63, 3.8) is 0 Å². The molecule has 0 amide bonds. The number of hydrogen-bond acceptors (Lipinski definition) is 6. The van der Waals surface area contributed by atoms with Gasteiger partial charge >= 0.3 is 11.6 Å². The summed E-state index contributed by atoms with van der Waals surface area (Å²) in [4.78, 5) is 24.9. The highest BCUT2D eigenvalue weighted by molar-refractivity contribution is 7.89. The molecule has 32 heavy (non-hydrogen) atoms. The Bertz CT molecular complexity index is 1310. The van der Waals surface area contributed by atoms with Gasteiger partial charge in [0.05, 0.1) is 10.3 Å². The number of rotatable bonds is 7. The molecule has 170 valence electrons. The molecule has 0 unspecified atom stereocenters. The SMILES string of the molecule is Cc1ccc(S(=O)(=O)N[C@H](CC(C)C)C(=O)Oc2cc(C)cc3oc(=O)cc(C)c23)cc1. The molecular formula is C24H27NO6S. The molecule has 0 spiro atoms. The van der Waals surface area contributed by atoms with Crippen molar-refractivity contribution < 1.29 is 22.4 Å². The summed E-state index contributed by atoms with van der Waals surface area (Å²) in [6.45, 7) is 9.14. The fourth-order valence-electron chi connectivity index (χ4n) is 3.47. The molecule has 0 fully saturated rings. The van der Waals surface area contributed by atoms with Gasteiger partial charge in [0.1, 0.15) is 17.4 Å². The third-order valence-electron chi connectivity index (χ3n) is 4.98. The van der Waals surface area contributed by atoms with Crippen LogP contribution in [0.2, 0.25) is 0 Å². The Morgan fingerprint density at radius 1 is 1.03 bits per heavy atom. The number of nitrogens with one attached hydrogen (secondary N) is 1. The molecule has 2 aromatic carbocycles. The minimum atomic E-state index is -3.93. The number of fused-ring (bicyclic) bond motifs is 1. The molecule has 0 aliphatic carbocycles. The quantitative estimate of drug-likeness (QED) is 0.327. The first-order chi connectivity index (χ1) is 15.0. The number of ether oxygens (including phenoxy) is 1. The van der Waals surface area contributed by atoms with E-state index in [0.29, 0.717) is 16.5 Å². The van der Waals surface area contributed by atoms with Crippen LogP contribution in [0, 0.1) is 26.7 Å². The van der Waals surface area contributed by atoms with Crippen LogP contribution in [-0.4, -0.2) is 20.4 Å². The zero-order chi connectivity index (χ0) is 23.6. The van der Waals surface area contributed by atoms with Crippen LogP contribution < -0.4 is 15.1 Å². The monoisotopic (exact) mass is 457 g/mol. The first-order valence-corrected chi connectivity index (χ1v) is 11.8. The summed E-state index contributed by atoms with van der Waals surface area (Å²) in [5.74, 6) is -0.483. The highest BCUT2D eigenvalue weighted by Gasteiger charge is 2.29. The van der Waals surface area contributed by atoms with E-state index in [2.05, 4.69) is 4.72 Å². The molecule has 1 heterocycles. The molecule has 3 aromatic rings. The van der Waals surface area contributed by atoms with Gasteiger partial charge < -0.3 is 9.15 Å². The third kappa shape index (κ3) is 5.44. The van der Waals surface area contributed by atoms with Crippen molar-refractivity contribution in [1.29, 1.82) is 0 Å². The van der Waals surface area contributed by atoms with Crippen molar-refractivity contribution in [2.75, 3.05) is 0 Å². The Balaban J connectivity index is 1.95. The molecule has 3 rings (SSSR count). The van der Waals surface area contributed by atoms with Gasteiger partial charge in [-0.1, -0.05) is 31.5 Å². The molecule has 0 bridgehead atoms. The lowest BCUT2D eigenvalue weighted by molar-refractivity contribution is -0.136. The summed E-state index contributed by atoms with van der Waals surface area (Å²) in [5, 5.41) is 0.494. The standard InChI is InChI=1S/C24H27NO6S/c1-14(2)10-19(25-32(28,29)18-8-6-15(3)7-9-18)24(27)31-21-12-16(4)11-20-23(21)17(5)13-22(26)30-20/h6-9,11-14,19,25H,10H2,1-5H3/t19-/m1/s1. The summed E-state index contributed by atoms with van der Waals surface area (Å²) in [6.07, 6.45) is 0.252. The summed E-state index contributed by atoms with van der Waals surface area (Å²) < 4.78 is 39.2. The van der Waals surface area contributed by atoms with E-state index >= 15 is 0 Å². The Morgan fingerprint density at radius 2 is 1.69 bits per heavy atom. The number of sulfonamides is 1. The Kier molecular flexibility index (Phi) is 6.85. The number of aryl methyl sites for hydroxylation is 3. The predicted octanol–water partition coefficient (Wildman–Crippen LogP) is 4.02. The molecule has 8 heteroatoms. The van der Waals surface area contributed by atoms with Crippen molar-refractivity contribution in [2.24, 2.45) is 5.92 Å². The Labute approximate surface area is 187 Å². The summed E-state index contributed by atoms with van der Waals surface area (Å²) in [7, 11) is -3.93. The van der Waals surface area contributed by atoms with E-state index in [-0.39, 0.29) is 23.0 Å². The van der Waals surface area contributed by atoms with E-state index in [9.17, 15) is 18.0 Å². The largest absolute Gasteiger partial charge is 0.425 e. The van der Waals surface area contributed by atoms with Crippen LogP contribution >= 0.6 is 0 Å². The van der Waals surface area contributed by atoms with Crippen molar-refractivity contribution in [2.45, 2.75) is 52.0 Å². The molecule has 1 atom stereocenters. The molecule has 0 saturated carbocycles. The first kappa shape index (κ1) is 23.7. The second-order valence-corrected chi connectivity index (χ2v) is 10.1. The van der Waals surface area contributed by atoms with E-state index in [1.807, 2.05) is 20.8 Å². The Hall–Kier alpha value is -2.97. The zero-order valence-corrected chi connectivity index (χ0v) is 19.6. The van der Waals surface area contributed by atoms with Gasteiger partial charge in [0.2, 0.25) is 10.0 Å². The maximum absolute atomic E-state index is 13.1. The second kappa shape index (κ2) is 9.26. The van der Waals surface area contributed by atoms with E-state index < -0.39 is 27.7 Å². The van der Waals surface area contributed by atoms with Gasteiger partial charge in [-0.15, -0.1) is 0 Å². The molecule has 1 aromatic heterocycles. The van der Waals surface area contributed by atoms with Gasteiger partial charge in [0, 0.05) is 6.07 Å². The molecule has 0 aliphatic heterocycles. The lowest BCUT2D eigenvalue weighted by Gasteiger charge is -2.20. The molecule has 1 N–H and O–H groups in total. The highest BCUT2D eigenvalue weighted by atomic mass is 32.2.